The number of rotatable bonds is 4. The van der Waals surface area contributed by atoms with E-state index in [1.807, 2.05) is 24.4 Å². The van der Waals surface area contributed by atoms with Crippen LogP contribution >= 0.6 is 0 Å². The molecular weight excluding hydrogens is 372 g/mol. The van der Waals surface area contributed by atoms with Crippen LogP contribution in [-0.4, -0.2) is 39.8 Å². The van der Waals surface area contributed by atoms with Gasteiger partial charge in [0.25, 0.3) is 0 Å². The number of hydrogen-bond acceptors (Lipinski definition) is 3. The molecule has 5 nitrogen and oxygen atoms in total. The minimum absolute atomic E-state index is 0.151. The highest BCUT2D eigenvalue weighted by Gasteiger charge is 2.13. The molecule has 5 heteroatoms. The van der Waals surface area contributed by atoms with Crippen molar-refractivity contribution in [2.24, 2.45) is 0 Å². The van der Waals surface area contributed by atoms with E-state index in [1.165, 1.54) is 11.1 Å². The minimum Gasteiger partial charge on any atom is -0.355 e. The van der Waals surface area contributed by atoms with E-state index in [0.717, 1.165) is 48.6 Å². The van der Waals surface area contributed by atoms with Crippen molar-refractivity contribution >= 4 is 11.6 Å². The molecule has 30 heavy (non-hydrogen) atoms. The normalized spacial score (nSPS) is 15.1. The molecule has 150 valence electrons. The van der Waals surface area contributed by atoms with E-state index >= 15 is 0 Å². The molecular formula is C25H24N4O. The van der Waals surface area contributed by atoms with Crippen molar-refractivity contribution in [3.63, 3.8) is 0 Å². The first-order valence-electron chi connectivity index (χ1n) is 10.4. The summed E-state index contributed by atoms with van der Waals surface area (Å²) in [6, 6.07) is 23.3. The predicted octanol–water partition coefficient (Wildman–Crippen LogP) is 3.99. The van der Waals surface area contributed by atoms with Crippen molar-refractivity contribution in [1.82, 2.24) is 19.6 Å². The van der Waals surface area contributed by atoms with Crippen LogP contribution in [-0.2, 0) is 11.3 Å². The van der Waals surface area contributed by atoms with Crippen molar-refractivity contribution in [3.05, 3.63) is 84.7 Å². The molecule has 0 atom stereocenters. The number of carbonyl (C=O) groups is 1. The van der Waals surface area contributed by atoms with Gasteiger partial charge in [0.1, 0.15) is 5.65 Å². The Morgan fingerprint density at radius 3 is 2.57 bits per heavy atom. The zero-order valence-corrected chi connectivity index (χ0v) is 16.8. The first-order valence-corrected chi connectivity index (χ1v) is 10.4. The fraction of sp³-hybridized carbons (Fsp3) is 0.200. The highest BCUT2D eigenvalue weighted by molar-refractivity contribution is 5.76. The van der Waals surface area contributed by atoms with Crippen LogP contribution in [0.15, 0.2) is 79.1 Å². The summed E-state index contributed by atoms with van der Waals surface area (Å²) in [4.78, 5) is 18.5. The van der Waals surface area contributed by atoms with Crippen LogP contribution in [0.5, 0.6) is 0 Å². The van der Waals surface area contributed by atoms with Gasteiger partial charge < -0.3 is 5.32 Å². The number of benzene rings is 2. The zero-order valence-electron chi connectivity index (χ0n) is 16.8. The van der Waals surface area contributed by atoms with Crippen molar-refractivity contribution < 1.29 is 4.79 Å². The summed E-state index contributed by atoms with van der Waals surface area (Å²) in [7, 11) is 0. The molecule has 5 rings (SSSR count). The second-order valence-corrected chi connectivity index (χ2v) is 7.73. The molecule has 1 saturated heterocycles. The Morgan fingerprint density at radius 2 is 1.73 bits per heavy atom. The maximum absolute atomic E-state index is 11.5. The molecule has 2 aromatic carbocycles. The van der Waals surface area contributed by atoms with Crippen molar-refractivity contribution in [2.45, 2.75) is 13.0 Å². The molecule has 0 unspecified atom stereocenters. The average molecular weight is 396 g/mol. The number of nitrogens with one attached hydrogen (secondary N) is 1. The summed E-state index contributed by atoms with van der Waals surface area (Å²) in [5.41, 5.74) is 6.80. The van der Waals surface area contributed by atoms with Crippen LogP contribution in [0.2, 0.25) is 0 Å². The lowest BCUT2D eigenvalue weighted by Gasteiger charge is -2.19. The highest BCUT2D eigenvalue weighted by Crippen LogP contribution is 2.25. The number of amides is 1. The lowest BCUT2D eigenvalue weighted by atomic mass is 10.0. The molecule has 1 aliphatic heterocycles. The van der Waals surface area contributed by atoms with Gasteiger partial charge in [-0.1, -0.05) is 54.6 Å². The second-order valence-electron chi connectivity index (χ2n) is 7.73. The van der Waals surface area contributed by atoms with Gasteiger partial charge in [-0.2, -0.15) is 0 Å². The first-order chi connectivity index (χ1) is 14.8. The molecule has 1 aliphatic rings. The van der Waals surface area contributed by atoms with Crippen LogP contribution in [0, 0.1) is 0 Å². The molecule has 1 amide bonds. The largest absolute Gasteiger partial charge is 0.355 e. The number of aromatic nitrogens is 2. The Kier molecular flexibility index (Phi) is 5.03. The summed E-state index contributed by atoms with van der Waals surface area (Å²) in [6.45, 7) is 3.31. The minimum atomic E-state index is 0.151. The summed E-state index contributed by atoms with van der Waals surface area (Å²) in [5, 5.41) is 2.93. The predicted molar refractivity (Wildman–Crippen MR) is 119 cm³/mol. The molecule has 0 aliphatic carbocycles. The van der Waals surface area contributed by atoms with Crippen LogP contribution in [0.1, 0.15) is 12.0 Å². The van der Waals surface area contributed by atoms with Gasteiger partial charge >= 0.3 is 0 Å². The Hall–Kier alpha value is -3.44. The highest BCUT2D eigenvalue weighted by atomic mass is 16.1. The Bertz CT molecular complexity index is 1160. The van der Waals surface area contributed by atoms with E-state index in [-0.39, 0.29) is 5.91 Å². The summed E-state index contributed by atoms with van der Waals surface area (Å²) in [5.74, 6) is 0.151. The van der Waals surface area contributed by atoms with Crippen LogP contribution in [0.25, 0.3) is 28.0 Å². The molecule has 2 aromatic heterocycles. The maximum atomic E-state index is 11.5. The Morgan fingerprint density at radius 1 is 0.900 bits per heavy atom. The van der Waals surface area contributed by atoms with Crippen molar-refractivity contribution in [1.29, 1.82) is 0 Å². The Labute approximate surface area is 176 Å². The molecule has 0 saturated carbocycles. The third-order valence-electron chi connectivity index (χ3n) is 5.68. The van der Waals surface area contributed by atoms with E-state index in [2.05, 4.69) is 74.3 Å². The summed E-state index contributed by atoms with van der Waals surface area (Å²) in [6.07, 6.45) is 4.60. The van der Waals surface area contributed by atoms with E-state index < -0.39 is 0 Å². The lowest BCUT2D eigenvalue weighted by molar-refractivity contribution is -0.120. The molecule has 0 bridgehead atoms. The molecule has 1 N–H and O–H groups in total. The van der Waals surface area contributed by atoms with Gasteiger partial charge in [0, 0.05) is 44.4 Å². The SMILES string of the molecule is O=C1CCN(Cc2ccc(-c3ccn4c(-c5ccccc5)cnc4c3)cc2)CCN1. The number of fused-ring (bicyclic) bond motifs is 1. The quantitative estimate of drug-likeness (QED) is 0.567. The standard InChI is InChI=1S/C25H24N4O/c30-25-11-13-28(15-12-26-25)18-19-6-8-20(9-7-19)22-10-14-29-23(17-27-24(29)16-22)21-4-2-1-3-5-21/h1-10,14,16-17H,11-13,15,18H2,(H,26,30). The average Bonchev–Trinajstić information content (AvgIpc) is 3.11. The van der Waals surface area contributed by atoms with Crippen LogP contribution < -0.4 is 5.32 Å². The second kappa shape index (κ2) is 8.13. The fourth-order valence-electron chi connectivity index (χ4n) is 4.01. The van der Waals surface area contributed by atoms with Gasteiger partial charge in [0.15, 0.2) is 0 Å². The van der Waals surface area contributed by atoms with E-state index in [0.29, 0.717) is 6.42 Å². The zero-order chi connectivity index (χ0) is 20.3. The smallest absolute Gasteiger partial charge is 0.221 e. The first kappa shape index (κ1) is 18.6. The summed E-state index contributed by atoms with van der Waals surface area (Å²) < 4.78 is 2.13. The van der Waals surface area contributed by atoms with Gasteiger partial charge in [-0.3, -0.25) is 14.1 Å². The van der Waals surface area contributed by atoms with Gasteiger partial charge in [0.05, 0.1) is 11.9 Å². The number of imidazole rings is 1. The third-order valence-corrected chi connectivity index (χ3v) is 5.68. The maximum Gasteiger partial charge on any atom is 0.221 e. The molecule has 4 aromatic rings. The molecule has 0 radical (unpaired) electrons. The number of carbonyl (C=O) groups excluding carboxylic acids is 1. The van der Waals surface area contributed by atoms with E-state index in [1.54, 1.807) is 0 Å². The third kappa shape index (κ3) is 3.84. The Balaban J connectivity index is 1.35. The molecule has 1 fully saturated rings. The van der Waals surface area contributed by atoms with E-state index in [4.69, 9.17) is 0 Å². The van der Waals surface area contributed by atoms with Crippen molar-refractivity contribution in [3.8, 4) is 22.4 Å². The number of nitrogens with zero attached hydrogens (tertiary/aromatic N) is 3. The van der Waals surface area contributed by atoms with Gasteiger partial charge in [-0.15, -0.1) is 0 Å². The summed E-state index contributed by atoms with van der Waals surface area (Å²) >= 11 is 0. The van der Waals surface area contributed by atoms with Gasteiger partial charge in [0.2, 0.25) is 5.91 Å². The van der Waals surface area contributed by atoms with Gasteiger partial charge in [-0.05, 0) is 28.8 Å². The number of hydrogen-bond donors (Lipinski definition) is 1. The van der Waals surface area contributed by atoms with Gasteiger partial charge in [-0.25, -0.2) is 4.98 Å². The van der Waals surface area contributed by atoms with Crippen molar-refractivity contribution in [2.75, 3.05) is 19.6 Å². The topological polar surface area (TPSA) is 49.6 Å². The number of pyridine rings is 1. The van der Waals surface area contributed by atoms with E-state index in [9.17, 15) is 4.79 Å². The molecule has 0 spiro atoms. The monoisotopic (exact) mass is 396 g/mol. The lowest BCUT2D eigenvalue weighted by Crippen LogP contribution is -2.28. The fourth-order valence-corrected chi connectivity index (χ4v) is 4.01. The molecule has 3 heterocycles. The van der Waals surface area contributed by atoms with Crippen LogP contribution in [0.4, 0.5) is 0 Å². The van der Waals surface area contributed by atoms with Crippen LogP contribution in [0.3, 0.4) is 0 Å².